The van der Waals surface area contributed by atoms with Crippen LogP contribution >= 0.6 is 0 Å². The molecule has 0 aliphatic rings. The molecule has 0 bridgehead atoms. The number of rotatable bonds is 15. The van der Waals surface area contributed by atoms with Crippen LogP contribution in [0.1, 0.15) is 25.7 Å². The van der Waals surface area contributed by atoms with Crippen LogP contribution in [0.2, 0.25) is 0 Å². The van der Waals surface area contributed by atoms with Crippen molar-refractivity contribution in [3.8, 4) is 0 Å². The van der Waals surface area contributed by atoms with Gasteiger partial charge in [-0.15, -0.1) is 0 Å². The van der Waals surface area contributed by atoms with Crippen LogP contribution in [-0.2, 0) is 33.6 Å². The monoisotopic (exact) mass is 462 g/mol. The van der Waals surface area contributed by atoms with Gasteiger partial charge in [-0.1, -0.05) is 0 Å². The van der Waals surface area contributed by atoms with E-state index < -0.39 is 85.1 Å². The van der Waals surface area contributed by atoms with Gasteiger partial charge in [0.2, 0.25) is 29.5 Å². The van der Waals surface area contributed by atoms with E-state index in [1.165, 1.54) is 0 Å². The van der Waals surface area contributed by atoms with Gasteiger partial charge in [0.05, 0.1) is 25.5 Å². The number of carboxylic acid groups (broad SMARTS) is 2. The molecule has 0 aromatic rings. The summed E-state index contributed by atoms with van der Waals surface area (Å²) in [6.45, 7) is -0.987. The average Bonchev–Trinajstić information content (AvgIpc) is 2.66. The van der Waals surface area contributed by atoms with Gasteiger partial charge >= 0.3 is 11.9 Å². The molecule has 32 heavy (non-hydrogen) atoms. The molecule has 0 radical (unpaired) electrons. The summed E-state index contributed by atoms with van der Waals surface area (Å²) in [6, 6.07) is -6.50. The number of amides is 5. The highest BCUT2D eigenvalue weighted by molar-refractivity contribution is 5.96. The zero-order valence-electron chi connectivity index (χ0n) is 16.8. The predicted molar refractivity (Wildman–Crippen MR) is 103 cm³/mol. The van der Waals surface area contributed by atoms with Gasteiger partial charge < -0.3 is 48.5 Å². The lowest BCUT2D eigenvalue weighted by atomic mass is 10.1. The van der Waals surface area contributed by atoms with Crippen molar-refractivity contribution in [2.24, 2.45) is 17.2 Å². The third-order valence-corrected chi connectivity index (χ3v) is 3.88. The molecule has 5 amide bonds. The summed E-state index contributed by atoms with van der Waals surface area (Å²) >= 11 is 0. The van der Waals surface area contributed by atoms with Crippen molar-refractivity contribution in [3.05, 3.63) is 0 Å². The fourth-order valence-electron chi connectivity index (χ4n) is 2.25. The van der Waals surface area contributed by atoms with Crippen LogP contribution in [0.3, 0.4) is 0 Å². The molecule has 16 heteroatoms. The SMILES string of the molecule is NC(=O)CCC(NC(=O)C(CC(N)=O)NC(=O)C(CO)NC(=O)C(N)CC(=O)O)C(=O)O. The van der Waals surface area contributed by atoms with Gasteiger partial charge in [0, 0.05) is 6.42 Å². The number of carboxylic acids is 2. The highest BCUT2D eigenvalue weighted by atomic mass is 16.4. The number of nitrogens with two attached hydrogens (primary N) is 3. The van der Waals surface area contributed by atoms with Crippen LogP contribution in [0.4, 0.5) is 0 Å². The second-order valence-corrected chi connectivity index (χ2v) is 6.58. The van der Waals surface area contributed by atoms with E-state index >= 15 is 0 Å². The van der Waals surface area contributed by atoms with Crippen molar-refractivity contribution in [1.29, 1.82) is 0 Å². The molecule has 0 spiro atoms. The van der Waals surface area contributed by atoms with Crippen LogP contribution in [0.25, 0.3) is 0 Å². The van der Waals surface area contributed by atoms with Crippen molar-refractivity contribution >= 4 is 41.5 Å². The molecule has 16 nitrogen and oxygen atoms in total. The Morgan fingerprint density at radius 2 is 1.22 bits per heavy atom. The Balaban J connectivity index is 5.30. The third kappa shape index (κ3) is 10.8. The molecule has 0 saturated heterocycles. The Morgan fingerprint density at radius 1 is 0.719 bits per heavy atom. The largest absolute Gasteiger partial charge is 0.481 e. The maximum atomic E-state index is 12.4. The number of aliphatic hydroxyl groups is 1. The van der Waals surface area contributed by atoms with Crippen LogP contribution in [0, 0.1) is 0 Å². The summed E-state index contributed by atoms with van der Waals surface area (Å²) in [4.78, 5) is 80.5. The number of carbonyl (C=O) groups excluding carboxylic acids is 5. The van der Waals surface area contributed by atoms with E-state index in [0.717, 1.165) is 0 Å². The smallest absolute Gasteiger partial charge is 0.326 e. The Hall–Kier alpha value is -3.79. The molecular formula is C16H26N6O10. The molecule has 4 unspecified atom stereocenters. The van der Waals surface area contributed by atoms with E-state index in [9.17, 15) is 38.7 Å². The van der Waals surface area contributed by atoms with Gasteiger partial charge in [-0.05, 0) is 6.42 Å². The topological polar surface area (TPSA) is 294 Å². The molecule has 12 N–H and O–H groups in total. The number of aliphatic carboxylic acids is 2. The first-order chi connectivity index (χ1) is 14.8. The molecule has 0 aliphatic carbocycles. The quantitative estimate of drug-likeness (QED) is 0.110. The number of hydrogen-bond acceptors (Lipinski definition) is 9. The van der Waals surface area contributed by atoms with Crippen LogP contribution in [-0.4, -0.2) is 87.6 Å². The molecule has 0 aliphatic heterocycles. The number of hydrogen-bond donors (Lipinski definition) is 9. The lowest BCUT2D eigenvalue weighted by Gasteiger charge is -2.23. The molecule has 0 heterocycles. The third-order valence-electron chi connectivity index (χ3n) is 3.88. The Morgan fingerprint density at radius 3 is 1.66 bits per heavy atom. The normalized spacial score (nSPS) is 14.2. The zero-order chi connectivity index (χ0) is 25.0. The highest BCUT2D eigenvalue weighted by Gasteiger charge is 2.31. The highest BCUT2D eigenvalue weighted by Crippen LogP contribution is 2.01. The summed E-state index contributed by atoms with van der Waals surface area (Å²) in [5.74, 6) is -8.20. The van der Waals surface area contributed by atoms with Crippen molar-refractivity contribution < 1.29 is 48.9 Å². The minimum atomic E-state index is -1.70. The minimum Gasteiger partial charge on any atom is -0.481 e. The molecule has 0 fully saturated rings. The number of carbonyl (C=O) groups is 7. The van der Waals surface area contributed by atoms with Gasteiger partial charge in [0.15, 0.2) is 0 Å². The zero-order valence-corrected chi connectivity index (χ0v) is 16.8. The summed E-state index contributed by atoms with van der Waals surface area (Å²) in [5, 5.41) is 33.1. The second-order valence-electron chi connectivity index (χ2n) is 6.58. The first-order valence-corrected chi connectivity index (χ1v) is 9.07. The molecule has 0 aromatic carbocycles. The maximum Gasteiger partial charge on any atom is 0.326 e. The van der Waals surface area contributed by atoms with Crippen LogP contribution in [0.5, 0.6) is 0 Å². The molecular weight excluding hydrogens is 436 g/mol. The van der Waals surface area contributed by atoms with Gasteiger partial charge in [-0.25, -0.2) is 4.79 Å². The summed E-state index contributed by atoms with van der Waals surface area (Å²) in [6.07, 6.45) is -2.28. The summed E-state index contributed by atoms with van der Waals surface area (Å²) < 4.78 is 0. The summed E-state index contributed by atoms with van der Waals surface area (Å²) in [5.41, 5.74) is 15.3. The fraction of sp³-hybridized carbons (Fsp3) is 0.562. The van der Waals surface area contributed by atoms with Crippen LogP contribution < -0.4 is 33.2 Å². The molecule has 0 rings (SSSR count). The Bertz CT molecular complexity index is 758. The van der Waals surface area contributed by atoms with Crippen molar-refractivity contribution in [2.45, 2.75) is 49.9 Å². The van der Waals surface area contributed by atoms with E-state index in [4.69, 9.17) is 27.4 Å². The molecule has 180 valence electrons. The fourth-order valence-corrected chi connectivity index (χ4v) is 2.25. The van der Waals surface area contributed by atoms with Gasteiger partial charge in [-0.3, -0.25) is 28.8 Å². The predicted octanol–water partition coefficient (Wildman–Crippen LogP) is -5.54. The van der Waals surface area contributed by atoms with Gasteiger partial charge in [0.25, 0.3) is 0 Å². The minimum absolute atomic E-state index is 0.371. The average molecular weight is 462 g/mol. The lowest BCUT2D eigenvalue weighted by Crippen LogP contribution is -2.58. The summed E-state index contributed by atoms with van der Waals surface area (Å²) in [7, 11) is 0. The first kappa shape index (κ1) is 28.2. The molecule has 0 aromatic heterocycles. The van der Waals surface area contributed by atoms with Crippen molar-refractivity contribution in [1.82, 2.24) is 16.0 Å². The van der Waals surface area contributed by atoms with Crippen LogP contribution in [0.15, 0.2) is 0 Å². The standard InChI is InChI=1S/C16H26N6O10/c17-6(3-12(26)27)13(28)22-9(5-23)15(30)21-8(4-11(19)25)14(29)20-7(16(31)32)1-2-10(18)24/h6-9,23H,1-5,17H2,(H2,18,24)(H2,19,25)(H,20,29)(H,21,30)(H,22,28)(H,26,27)(H,31,32). The van der Waals surface area contributed by atoms with E-state index in [1.54, 1.807) is 0 Å². The van der Waals surface area contributed by atoms with E-state index in [2.05, 4.69) is 0 Å². The van der Waals surface area contributed by atoms with Gasteiger partial charge in [-0.2, -0.15) is 0 Å². The second kappa shape index (κ2) is 13.5. The molecule has 0 saturated carbocycles. The number of nitrogens with one attached hydrogen (secondary N) is 3. The Kier molecular flexibility index (Phi) is 11.9. The number of primary amides is 2. The van der Waals surface area contributed by atoms with E-state index in [-0.39, 0.29) is 12.8 Å². The molecule has 4 atom stereocenters. The van der Waals surface area contributed by atoms with Crippen molar-refractivity contribution in [3.63, 3.8) is 0 Å². The van der Waals surface area contributed by atoms with Crippen molar-refractivity contribution in [2.75, 3.05) is 6.61 Å². The van der Waals surface area contributed by atoms with E-state index in [0.29, 0.717) is 0 Å². The lowest BCUT2D eigenvalue weighted by molar-refractivity contribution is -0.142. The first-order valence-electron chi connectivity index (χ1n) is 9.07. The Labute approximate surface area is 180 Å². The number of aliphatic hydroxyl groups excluding tert-OH is 1. The van der Waals surface area contributed by atoms with Gasteiger partial charge in [0.1, 0.15) is 18.1 Å². The maximum absolute atomic E-state index is 12.4. The van der Waals surface area contributed by atoms with E-state index in [1.807, 2.05) is 16.0 Å².